The molecule has 1 rings (SSSR count). The Balaban J connectivity index is 3.09. The van der Waals surface area contributed by atoms with Crippen molar-refractivity contribution in [2.75, 3.05) is 0 Å². The summed E-state index contributed by atoms with van der Waals surface area (Å²) in [5.74, 6) is 0.523. The molecule has 10 heavy (non-hydrogen) atoms. The van der Waals surface area contributed by atoms with Gasteiger partial charge in [-0.3, -0.25) is 0 Å². The van der Waals surface area contributed by atoms with Gasteiger partial charge in [0.25, 0.3) is 0 Å². The lowest BCUT2D eigenvalue weighted by molar-refractivity contribution is 1.30. The molecule has 3 heteroatoms. The number of halogens is 2. The third-order valence-corrected chi connectivity index (χ3v) is 2.51. The van der Waals surface area contributed by atoms with Crippen LogP contribution in [0.3, 0.4) is 0 Å². The quantitative estimate of drug-likeness (QED) is 0.561. The van der Waals surface area contributed by atoms with Crippen molar-refractivity contribution in [2.24, 2.45) is 0 Å². The fraction of sp³-hybridized carbons (Fsp3) is 0.143. The zero-order valence-corrected chi connectivity index (χ0v) is 8.38. The van der Waals surface area contributed by atoms with Gasteiger partial charge in [0.05, 0.1) is 0 Å². The normalized spacial score (nSPS) is 9.90. The molecular weight excluding hydrogens is 232 g/mol. The molecule has 0 saturated heterocycles. The Morgan fingerprint density at radius 1 is 1.50 bits per heavy atom. The lowest BCUT2D eigenvalue weighted by Gasteiger charge is -1.99. The predicted molar refractivity (Wildman–Crippen MR) is 51.0 cm³/mol. The van der Waals surface area contributed by atoms with Crippen LogP contribution in [0.1, 0.15) is 5.56 Å². The summed E-state index contributed by atoms with van der Waals surface area (Å²) in [6.07, 6.45) is 0. The summed E-state index contributed by atoms with van der Waals surface area (Å²) in [5.41, 5.74) is 1.08. The van der Waals surface area contributed by atoms with E-state index in [4.69, 9.17) is 11.6 Å². The van der Waals surface area contributed by atoms with Crippen molar-refractivity contribution in [3.05, 3.63) is 28.2 Å². The first-order chi connectivity index (χ1) is 4.74. The highest BCUT2D eigenvalue weighted by molar-refractivity contribution is 9.10. The van der Waals surface area contributed by atoms with Gasteiger partial charge >= 0.3 is 0 Å². The minimum Gasteiger partial charge on any atom is -0.143 e. The van der Waals surface area contributed by atoms with Crippen molar-refractivity contribution < 1.29 is 0 Å². The second kappa shape index (κ2) is 3.65. The van der Waals surface area contributed by atoms with Gasteiger partial charge in [-0.2, -0.15) is 0 Å². The Kier molecular flexibility index (Phi) is 3.08. The van der Waals surface area contributed by atoms with E-state index in [9.17, 15) is 0 Å². The highest BCUT2D eigenvalue weighted by Crippen LogP contribution is 2.21. The SMILES string of the molecule is Sc1ccc(Br)c(CCl)c1. The zero-order valence-electron chi connectivity index (χ0n) is 5.14. The number of alkyl halides is 1. The molecule has 0 unspecified atom stereocenters. The van der Waals surface area contributed by atoms with Gasteiger partial charge < -0.3 is 0 Å². The maximum absolute atomic E-state index is 5.64. The average Bonchev–Trinajstić information content (AvgIpc) is 1.94. The number of hydrogen-bond donors (Lipinski definition) is 1. The summed E-state index contributed by atoms with van der Waals surface area (Å²) in [6.45, 7) is 0. The Morgan fingerprint density at radius 3 is 2.70 bits per heavy atom. The first kappa shape index (κ1) is 8.44. The van der Waals surface area contributed by atoms with Gasteiger partial charge in [-0.05, 0) is 23.8 Å². The molecule has 0 heterocycles. The minimum atomic E-state index is 0.523. The highest BCUT2D eigenvalue weighted by atomic mass is 79.9. The van der Waals surface area contributed by atoms with Crippen LogP contribution in [0, 0.1) is 0 Å². The molecule has 0 atom stereocenters. The first-order valence-electron chi connectivity index (χ1n) is 2.77. The average molecular weight is 238 g/mol. The molecule has 0 N–H and O–H groups in total. The van der Waals surface area contributed by atoms with Crippen LogP contribution in [0.4, 0.5) is 0 Å². The molecule has 54 valence electrons. The highest BCUT2D eigenvalue weighted by Gasteiger charge is 1.96. The molecule has 0 aromatic heterocycles. The van der Waals surface area contributed by atoms with E-state index in [1.54, 1.807) is 0 Å². The van der Waals surface area contributed by atoms with E-state index in [0.717, 1.165) is 14.9 Å². The van der Waals surface area contributed by atoms with Gasteiger partial charge in [0.1, 0.15) is 0 Å². The zero-order chi connectivity index (χ0) is 7.56. The van der Waals surface area contributed by atoms with Crippen LogP contribution in [0.15, 0.2) is 27.6 Å². The largest absolute Gasteiger partial charge is 0.143 e. The summed E-state index contributed by atoms with van der Waals surface area (Å²) in [7, 11) is 0. The number of thiol groups is 1. The minimum absolute atomic E-state index is 0.523. The van der Waals surface area contributed by atoms with Gasteiger partial charge in [-0.15, -0.1) is 24.2 Å². The lowest BCUT2D eigenvalue weighted by atomic mass is 10.2. The molecule has 0 bridgehead atoms. The summed E-state index contributed by atoms with van der Waals surface area (Å²) in [5, 5.41) is 0. The second-order valence-corrected chi connectivity index (χ2v) is 3.55. The van der Waals surface area contributed by atoms with Crippen molar-refractivity contribution in [3.63, 3.8) is 0 Å². The number of benzene rings is 1. The van der Waals surface area contributed by atoms with Gasteiger partial charge in [-0.25, -0.2) is 0 Å². The number of hydrogen-bond acceptors (Lipinski definition) is 1. The Bertz CT molecular complexity index is 237. The number of rotatable bonds is 1. The first-order valence-corrected chi connectivity index (χ1v) is 4.55. The van der Waals surface area contributed by atoms with Gasteiger partial charge in [-0.1, -0.05) is 15.9 Å². The molecule has 0 amide bonds. The van der Waals surface area contributed by atoms with E-state index in [-0.39, 0.29) is 0 Å². The topological polar surface area (TPSA) is 0 Å². The van der Waals surface area contributed by atoms with Crippen LogP contribution >= 0.6 is 40.2 Å². The van der Waals surface area contributed by atoms with Crippen LogP contribution < -0.4 is 0 Å². The molecule has 0 nitrogen and oxygen atoms in total. The maximum Gasteiger partial charge on any atom is 0.0485 e. The summed E-state index contributed by atoms with van der Waals surface area (Å²) >= 11 is 13.2. The Hall–Kier alpha value is 0.340. The third-order valence-electron chi connectivity index (χ3n) is 1.17. The summed E-state index contributed by atoms with van der Waals surface area (Å²) < 4.78 is 1.04. The fourth-order valence-corrected chi connectivity index (χ4v) is 1.66. The molecule has 0 aliphatic heterocycles. The molecule has 0 radical (unpaired) electrons. The Labute approximate surface area is 79.1 Å². The van der Waals surface area contributed by atoms with E-state index in [2.05, 4.69) is 28.6 Å². The lowest BCUT2D eigenvalue weighted by Crippen LogP contribution is -1.79. The van der Waals surface area contributed by atoms with Crippen molar-refractivity contribution >= 4 is 40.2 Å². The molecule has 0 saturated carbocycles. The van der Waals surface area contributed by atoms with Gasteiger partial charge in [0, 0.05) is 15.2 Å². The standard InChI is InChI=1S/C7H6BrClS/c8-7-2-1-6(10)3-5(7)4-9/h1-3,10H,4H2. The smallest absolute Gasteiger partial charge is 0.0485 e. The van der Waals surface area contributed by atoms with Crippen LogP contribution in [0.2, 0.25) is 0 Å². The second-order valence-electron chi connectivity index (χ2n) is 1.91. The van der Waals surface area contributed by atoms with Crippen molar-refractivity contribution in [2.45, 2.75) is 10.8 Å². The molecule has 0 fully saturated rings. The maximum atomic E-state index is 5.64. The van der Waals surface area contributed by atoms with Crippen LogP contribution in [-0.4, -0.2) is 0 Å². The Morgan fingerprint density at radius 2 is 2.20 bits per heavy atom. The predicted octanol–water partition coefficient (Wildman–Crippen LogP) is 3.48. The van der Waals surface area contributed by atoms with Gasteiger partial charge in [0.2, 0.25) is 0 Å². The monoisotopic (exact) mass is 236 g/mol. The van der Waals surface area contributed by atoms with E-state index in [0.29, 0.717) is 5.88 Å². The molecule has 0 aliphatic rings. The van der Waals surface area contributed by atoms with E-state index >= 15 is 0 Å². The van der Waals surface area contributed by atoms with Crippen LogP contribution in [-0.2, 0) is 5.88 Å². The van der Waals surface area contributed by atoms with Crippen molar-refractivity contribution in [3.8, 4) is 0 Å². The van der Waals surface area contributed by atoms with Crippen molar-refractivity contribution in [1.82, 2.24) is 0 Å². The van der Waals surface area contributed by atoms with Crippen LogP contribution in [0.25, 0.3) is 0 Å². The molecular formula is C7H6BrClS. The summed E-state index contributed by atoms with van der Waals surface area (Å²) in [6, 6.07) is 5.81. The summed E-state index contributed by atoms with van der Waals surface area (Å²) in [4.78, 5) is 0.943. The van der Waals surface area contributed by atoms with Gasteiger partial charge in [0.15, 0.2) is 0 Å². The fourth-order valence-electron chi connectivity index (χ4n) is 0.664. The molecule has 0 aliphatic carbocycles. The molecule has 1 aromatic carbocycles. The van der Waals surface area contributed by atoms with E-state index in [1.165, 1.54) is 0 Å². The third kappa shape index (κ3) is 1.91. The van der Waals surface area contributed by atoms with Crippen LogP contribution in [0.5, 0.6) is 0 Å². The van der Waals surface area contributed by atoms with E-state index in [1.807, 2.05) is 18.2 Å². The molecule has 0 spiro atoms. The van der Waals surface area contributed by atoms with E-state index < -0.39 is 0 Å². The van der Waals surface area contributed by atoms with Crippen molar-refractivity contribution in [1.29, 1.82) is 0 Å². The molecule has 1 aromatic rings.